The molecule has 0 saturated heterocycles. The van der Waals surface area contributed by atoms with E-state index in [4.69, 9.17) is 15.2 Å². The molecule has 2 aromatic rings. The zero-order valence-corrected chi connectivity index (χ0v) is 20.1. The predicted octanol–water partition coefficient (Wildman–Crippen LogP) is 3.87. The van der Waals surface area contributed by atoms with E-state index in [0.717, 1.165) is 23.8 Å². The first kappa shape index (κ1) is 25.8. The van der Waals surface area contributed by atoms with Crippen LogP contribution >= 0.6 is 11.8 Å². The van der Waals surface area contributed by atoms with Gasteiger partial charge < -0.3 is 15.2 Å². The topological polar surface area (TPSA) is 89.5 Å². The highest BCUT2D eigenvalue weighted by atomic mass is 32.2. The molecule has 0 bridgehead atoms. The molecule has 0 saturated carbocycles. The van der Waals surface area contributed by atoms with Crippen LogP contribution in [0.1, 0.15) is 30.9 Å². The standard InChI is InChI=1S/C24H28F2N4O3S/c1-16(33-3)23(31)30-24(17-7-5-4-6-8-17,12-11-21(27)28-13-14-32-2)34-22(29-30)19-15-18(25)9-10-20(19)26/h4-10,15-16H,11-14H2,1-3H3,(H2,27,28). The minimum Gasteiger partial charge on any atom is -0.387 e. The number of aliphatic imine (C=N–C) groups is 1. The number of carbonyl (C=O) groups is 1. The van der Waals surface area contributed by atoms with Crippen LogP contribution in [0.5, 0.6) is 0 Å². The number of hydrazone groups is 1. The van der Waals surface area contributed by atoms with Crippen LogP contribution in [-0.2, 0) is 19.1 Å². The Balaban J connectivity index is 2.08. The van der Waals surface area contributed by atoms with E-state index in [-0.39, 0.29) is 10.6 Å². The van der Waals surface area contributed by atoms with Crippen LogP contribution in [-0.4, -0.2) is 55.3 Å². The maximum absolute atomic E-state index is 14.7. The first-order chi connectivity index (χ1) is 16.3. The fraction of sp³-hybridized carbons (Fsp3) is 0.375. The van der Waals surface area contributed by atoms with Crippen molar-refractivity contribution in [2.24, 2.45) is 15.8 Å². The second-order valence-electron chi connectivity index (χ2n) is 7.68. The molecule has 0 aliphatic carbocycles. The second-order valence-corrected chi connectivity index (χ2v) is 8.94. The van der Waals surface area contributed by atoms with Gasteiger partial charge in [-0.3, -0.25) is 9.79 Å². The van der Waals surface area contributed by atoms with Gasteiger partial charge in [0.2, 0.25) is 0 Å². The van der Waals surface area contributed by atoms with Crippen LogP contribution in [0.25, 0.3) is 0 Å². The largest absolute Gasteiger partial charge is 0.387 e. The maximum Gasteiger partial charge on any atom is 0.273 e. The second kappa shape index (κ2) is 11.5. The quantitative estimate of drug-likeness (QED) is 0.310. The lowest BCUT2D eigenvalue weighted by Gasteiger charge is -2.36. The van der Waals surface area contributed by atoms with Gasteiger partial charge in [0.25, 0.3) is 5.91 Å². The maximum atomic E-state index is 14.7. The zero-order chi connectivity index (χ0) is 24.7. The summed E-state index contributed by atoms with van der Waals surface area (Å²) >= 11 is 1.18. The molecule has 1 aliphatic heterocycles. The molecule has 2 atom stereocenters. The summed E-state index contributed by atoms with van der Waals surface area (Å²) in [6.07, 6.45) is -0.141. The van der Waals surface area contributed by atoms with Gasteiger partial charge in [-0.05, 0) is 37.1 Å². The SMILES string of the molecule is COCCN=C(N)CCC1(c2ccccc2)SC(c2cc(F)ccc2F)=NN1C(=O)C(C)OC. The summed E-state index contributed by atoms with van der Waals surface area (Å²) in [7, 11) is 3.00. The van der Waals surface area contributed by atoms with E-state index in [9.17, 15) is 13.6 Å². The smallest absolute Gasteiger partial charge is 0.273 e. The van der Waals surface area contributed by atoms with Crippen LogP contribution in [0, 0.1) is 11.6 Å². The lowest BCUT2D eigenvalue weighted by Crippen LogP contribution is -2.46. The molecule has 0 fully saturated rings. The number of hydrogen-bond donors (Lipinski definition) is 1. The van der Waals surface area contributed by atoms with E-state index in [2.05, 4.69) is 10.1 Å². The molecule has 1 heterocycles. The molecule has 3 rings (SSSR count). The van der Waals surface area contributed by atoms with Crippen molar-refractivity contribution >= 4 is 28.5 Å². The van der Waals surface area contributed by atoms with E-state index >= 15 is 0 Å². The number of thioether (sulfide) groups is 1. The van der Waals surface area contributed by atoms with Crippen LogP contribution in [0.15, 0.2) is 58.6 Å². The first-order valence-electron chi connectivity index (χ1n) is 10.8. The van der Waals surface area contributed by atoms with Crippen molar-refractivity contribution < 1.29 is 23.0 Å². The lowest BCUT2D eigenvalue weighted by molar-refractivity contribution is -0.144. The fourth-order valence-electron chi connectivity index (χ4n) is 3.50. The Kier molecular flexibility index (Phi) is 8.76. The first-order valence-corrected chi connectivity index (χ1v) is 11.6. The Morgan fingerprint density at radius 3 is 2.65 bits per heavy atom. The summed E-state index contributed by atoms with van der Waals surface area (Å²) in [4.78, 5) is 16.6. The fourth-order valence-corrected chi connectivity index (χ4v) is 4.89. The molecule has 0 aromatic heterocycles. The number of methoxy groups -OCH3 is 2. The molecule has 2 unspecified atom stereocenters. The summed E-state index contributed by atoms with van der Waals surface area (Å²) in [5.74, 6) is -1.26. The number of amides is 1. The highest BCUT2D eigenvalue weighted by molar-refractivity contribution is 8.15. The van der Waals surface area contributed by atoms with Crippen molar-refractivity contribution in [3.05, 3.63) is 71.3 Å². The highest BCUT2D eigenvalue weighted by Crippen LogP contribution is 2.51. The van der Waals surface area contributed by atoms with Crippen LogP contribution in [0.3, 0.4) is 0 Å². The van der Waals surface area contributed by atoms with Crippen molar-refractivity contribution in [3.63, 3.8) is 0 Å². The van der Waals surface area contributed by atoms with Crippen molar-refractivity contribution in [1.29, 1.82) is 0 Å². The van der Waals surface area contributed by atoms with Crippen molar-refractivity contribution in [1.82, 2.24) is 5.01 Å². The number of halogens is 2. The predicted molar refractivity (Wildman–Crippen MR) is 130 cm³/mol. The number of amidine groups is 1. The minimum absolute atomic E-state index is 0.0209. The monoisotopic (exact) mass is 490 g/mol. The van der Waals surface area contributed by atoms with Gasteiger partial charge in [-0.2, -0.15) is 5.10 Å². The van der Waals surface area contributed by atoms with Crippen molar-refractivity contribution in [2.75, 3.05) is 27.4 Å². The number of nitrogens with zero attached hydrogens (tertiary/aromatic N) is 3. The third-order valence-corrected chi connectivity index (χ3v) is 6.87. The average molecular weight is 491 g/mol. The van der Waals surface area contributed by atoms with Crippen LogP contribution in [0.2, 0.25) is 0 Å². The third kappa shape index (κ3) is 5.63. The van der Waals surface area contributed by atoms with E-state index in [1.807, 2.05) is 30.3 Å². The van der Waals surface area contributed by atoms with Crippen LogP contribution < -0.4 is 5.73 Å². The molecule has 1 amide bonds. The van der Waals surface area contributed by atoms with E-state index < -0.39 is 28.5 Å². The number of carbonyl (C=O) groups excluding carboxylic acids is 1. The number of hydrogen-bond acceptors (Lipinski definition) is 6. The molecular formula is C24H28F2N4O3S. The Morgan fingerprint density at radius 2 is 1.97 bits per heavy atom. The number of benzene rings is 2. The Hall–Kier alpha value is -2.82. The third-order valence-electron chi connectivity index (χ3n) is 5.42. The van der Waals surface area contributed by atoms with Gasteiger partial charge in [-0.25, -0.2) is 13.8 Å². The van der Waals surface area contributed by atoms with Gasteiger partial charge >= 0.3 is 0 Å². The number of ether oxygens (including phenoxy) is 2. The van der Waals surface area contributed by atoms with Crippen molar-refractivity contribution in [2.45, 2.75) is 30.7 Å². The number of nitrogens with two attached hydrogens (primary N) is 1. The molecule has 2 aromatic carbocycles. The molecule has 34 heavy (non-hydrogen) atoms. The van der Waals surface area contributed by atoms with Gasteiger partial charge in [0.1, 0.15) is 27.7 Å². The normalized spacial score (nSPS) is 19.3. The molecule has 182 valence electrons. The van der Waals surface area contributed by atoms with Gasteiger partial charge in [0.05, 0.1) is 19.0 Å². The summed E-state index contributed by atoms with van der Waals surface area (Å²) in [6, 6.07) is 12.4. The van der Waals surface area contributed by atoms with Gasteiger partial charge in [-0.1, -0.05) is 42.1 Å². The summed E-state index contributed by atoms with van der Waals surface area (Å²) in [5.41, 5.74) is 6.88. The van der Waals surface area contributed by atoms with Gasteiger partial charge in [-0.15, -0.1) is 0 Å². The molecule has 1 aliphatic rings. The average Bonchev–Trinajstić information content (AvgIpc) is 3.24. The molecule has 0 spiro atoms. The zero-order valence-electron chi connectivity index (χ0n) is 19.3. The van der Waals surface area contributed by atoms with Crippen molar-refractivity contribution in [3.8, 4) is 0 Å². The van der Waals surface area contributed by atoms with Gasteiger partial charge in [0, 0.05) is 26.2 Å². The van der Waals surface area contributed by atoms with E-state index in [1.54, 1.807) is 14.0 Å². The summed E-state index contributed by atoms with van der Waals surface area (Å²) < 4.78 is 38.9. The van der Waals surface area contributed by atoms with E-state index in [0.29, 0.717) is 31.8 Å². The Morgan fingerprint density at radius 1 is 1.24 bits per heavy atom. The minimum atomic E-state index is -1.07. The van der Waals surface area contributed by atoms with E-state index in [1.165, 1.54) is 23.9 Å². The van der Waals surface area contributed by atoms with Gasteiger partial charge in [0.15, 0.2) is 0 Å². The highest BCUT2D eigenvalue weighted by Gasteiger charge is 2.49. The summed E-state index contributed by atoms with van der Waals surface area (Å²) in [6.45, 7) is 2.45. The number of rotatable bonds is 10. The van der Waals surface area contributed by atoms with Crippen LogP contribution in [0.4, 0.5) is 8.78 Å². The summed E-state index contributed by atoms with van der Waals surface area (Å²) in [5, 5.41) is 5.98. The molecule has 2 N–H and O–H groups in total. The lowest BCUT2D eigenvalue weighted by atomic mass is 9.99. The Labute approximate surface area is 202 Å². The molecule has 7 nitrogen and oxygen atoms in total. The molecular weight excluding hydrogens is 462 g/mol. The Bertz CT molecular complexity index is 1070. The molecule has 0 radical (unpaired) electrons. The molecule has 10 heteroatoms.